The Kier molecular flexibility index (Phi) is 4.38. The summed E-state index contributed by atoms with van der Waals surface area (Å²) in [6.45, 7) is 1.09. The molecule has 112 valence electrons. The van der Waals surface area contributed by atoms with Crippen LogP contribution in [0.3, 0.4) is 0 Å². The van der Waals surface area contributed by atoms with Crippen molar-refractivity contribution < 1.29 is 4.74 Å². The van der Waals surface area contributed by atoms with Crippen molar-refractivity contribution in [2.45, 2.75) is 44.2 Å². The van der Waals surface area contributed by atoms with Crippen LogP contribution in [0.4, 0.5) is 0 Å². The SMILES string of the molecule is COCc1nc(C2(c3ccccc3)CCCC2)sc1CN. The van der Waals surface area contributed by atoms with Crippen LogP contribution >= 0.6 is 11.3 Å². The van der Waals surface area contributed by atoms with Crippen LogP contribution in [0.2, 0.25) is 0 Å². The van der Waals surface area contributed by atoms with Gasteiger partial charge in [-0.15, -0.1) is 11.3 Å². The van der Waals surface area contributed by atoms with Crippen LogP contribution < -0.4 is 5.73 Å². The minimum absolute atomic E-state index is 0.0852. The number of rotatable bonds is 5. The van der Waals surface area contributed by atoms with E-state index in [4.69, 9.17) is 15.5 Å². The van der Waals surface area contributed by atoms with Crippen LogP contribution in [0.1, 0.15) is 46.8 Å². The number of hydrogen-bond acceptors (Lipinski definition) is 4. The van der Waals surface area contributed by atoms with Gasteiger partial charge in [0.2, 0.25) is 0 Å². The van der Waals surface area contributed by atoms with E-state index in [1.807, 2.05) is 0 Å². The lowest BCUT2D eigenvalue weighted by Gasteiger charge is -2.27. The maximum atomic E-state index is 5.89. The number of nitrogens with two attached hydrogens (primary N) is 1. The Morgan fingerprint density at radius 1 is 1.24 bits per heavy atom. The van der Waals surface area contributed by atoms with Crippen LogP contribution in [0.25, 0.3) is 0 Å². The fourth-order valence-electron chi connectivity index (χ4n) is 3.36. The number of thiazole rings is 1. The van der Waals surface area contributed by atoms with E-state index in [0.717, 1.165) is 10.6 Å². The fourth-order valence-corrected chi connectivity index (χ4v) is 4.57. The largest absolute Gasteiger partial charge is 0.378 e. The van der Waals surface area contributed by atoms with Gasteiger partial charge in [-0.25, -0.2) is 4.98 Å². The normalized spacial score (nSPS) is 17.2. The molecule has 3 nitrogen and oxygen atoms in total. The zero-order chi connectivity index (χ0) is 14.7. The quantitative estimate of drug-likeness (QED) is 0.918. The van der Waals surface area contributed by atoms with Crippen LogP contribution in [0.15, 0.2) is 30.3 Å². The Labute approximate surface area is 130 Å². The van der Waals surface area contributed by atoms with Crippen molar-refractivity contribution in [3.05, 3.63) is 51.5 Å². The molecule has 3 rings (SSSR count). The third-order valence-corrected chi connectivity index (χ3v) is 5.76. The molecule has 0 aliphatic heterocycles. The minimum atomic E-state index is 0.0852. The first-order valence-corrected chi connectivity index (χ1v) is 8.35. The van der Waals surface area contributed by atoms with Crippen LogP contribution in [-0.4, -0.2) is 12.1 Å². The first kappa shape index (κ1) is 14.7. The highest BCUT2D eigenvalue weighted by molar-refractivity contribution is 7.12. The molecule has 1 aliphatic carbocycles. The number of benzene rings is 1. The summed E-state index contributed by atoms with van der Waals surface area (Å²) in [4.78, 5) is 6.08. The summed E-state index contributed by atoms with van der Waals surface area (Å²) < 4.78 is 5.27. The van der Waals surface area contributed by atoms with Gasteiger partial charge in [0.1, 0.15) is 5.01 Å². The van der Waals surface area contributed by atoms with Crippen molar-refractivity contribution in [2.75, 3.05) is 7.11 Å². The summed E-state index contributed by atoms with van der Waals surface area (Å²) in [7, 11) is 1.71. The summed E-state index contributed by atoms with van der Waals surface area (Å²) in [5.41, 5.74) is 8.38. The number of hydrogen-bond donors (Lipinski definition) is 1. The van der Waals surface area contributed by atoms with E-state index in [1.165, 1.54) is 36.3 Å². The molecule has 1 heterocycles. The van der Waals surface area contributed by atoms with Gasteiger partial charge in [0.25, 0.3) is 0 Å². The highest BCUT2D eigenvalue weighted by Gasteiger charge is 2.40. The average Bonchev–Trinajstić information content (AvgIpc) is 3.16. The molecule has 4 heteroatoms. The molecule has 1 aliphatic rings. The predicted octanol–water partition coefficient (Wildman–Crippen LogP) is 3.61. The van der Waals surface area contributed by atoms with Crippen LogP contribution in [0.5, 0.6) is 0 Å². The molecule has 1 aromatic carbocycles. The maximum absolute atomic E-state index is 5.89. The van der Waals surface area contributed by atoms with Gasteiger partial charge < -0.3 is 10.5 Å². The van der Waals surface area contributed by atoms with Crippen molar-refractivity contribution in [2.24, 2.45) is 5.73 Å². The predicted molar refractivity (Wildman–Crippen MR) is 86.4 cm³/mol. The van der Waals surface area contributed by atoms with E-state index >= 15 is 0 Å². The molecule has 1 fully saturated rings. The summed E-state index contributed by atoms with van der Waals surface area (Å²) >= 11 is 1.77. The second-order valence-electron chi connectivity index (χ2n) is 5.68. The Bertz CT molecular complexity index is 588. The van der Waals surface area contributed by atoms with Gasteiger partial charge in [-0.2, -0.15) is 0 Å². The summed E-state index contributed by atoms with van der Waals surface area (Å²) in [5, 5.41) is 1.22. The molecule has 0 spiro atoms. The number of ether oxygens (including phenoxy) is 1. The summed E-state index contributed by atoms with van der Waals surface area (Å²) in [5.74, 6) is 0. The topological polar surface area (TPSA) is 48.1 Å². The molecule has 1 saturated carbocycles. The first-order valence-electron chi connectivity index (χ1n) is 7.54. The third kappa shape index (κ3) is 2.63. The van der Waals surface area contributed by atoms with Gasteiger partial charge in [-0.1, -0.05) is 43.2 Å². The molecule has 0 atom stereocenters. The fraction of sp³-hybridized carbons (Fsp3) is 0.471. The van der Waals surface area contributed by atoms with E-state index in [9.17, 15) is 0 Å². The van der Waals surface area contributed by atoms with E-state index in [2.05, 4.69) is 30.3 Å². The molecule has 2 aromatic rings. The number of nitrogens with zero attached hydrogens (tertiary/aromatic N) is 1. The molecular weight excluding hydrogens is 280 g/mol. The van der Waals surface area contributed by atoms with Gasteiger partial charge >= 0.3 is 0 Å². The van der Waals surface area contributed by atoms with Gasteiger partial charge in [0, 0.05) is 23.9 Å². The molecule has 0 radical (unpaired) electrons. The van der Waals surface area contributed by atoms with Gasteiger partial charge in [0.05, 0.1) is 12.3 Å². The van der Waals surface area contributed by atoms with E-state index < -0.39 is 0 Å². The molecule has 0 saturated heterocycles. The zero-order valence-corrected chi connectivity index (χ0v) is 13.3. The lowest BCUT2D eigenvalue weighted by Crippen LogP contribution is -2.23. The van der Waals surface area contributed by atoms with Crippen molar-refractivity contribution in [3.8, 4) is 0 Å². The lowest BCUT2D eigenvalue weighted by atomic mass is 9.79. The van der Waals surface area contributed by atoms with Crippen molar-refractivity contribution in [1.82, 2.24) is 4.98 Å². The summed E-state index contributed by atoms with van der Waals surface area (Å²) in [6, 6.07) is 10.8. The Morgan fingerprint density at radius 2 is 1.95 bits per heavy atom. The first-order chi connectivity index (χ1) is 10.3. The van der Waals surface area contributed by atoms with Crippen molar-refractivity contribution in [3.63, 3.8) is 0 Å². The van der Waals surface area contributed by atoms with Crippen LogP contribution in [-0.2, 0) is 23.3 Å². The van der Waals surface area contributed by atoms with E-state index in [-0.39, 0.29) is 5.41 Å². The van der Waals surface area contributed by atoms with Gasteiger partial charge in [0.15, 0.2) is 0 Å². The highest BCUT2D eigenvalue weighted by atomic mass is 32.1. The molecule has 0 amide bonds. The second-order valence-corrected chi connectivity index (χ2v) is 6.76. The third-order valence-electron chi connectivity index (χ3n) is 4.44. The second kappa shape index (κ2) is 6.26. The Balaban J connectivity index is 2.06. The maximum Gasteiger partial charge on any atom is 0.104 e. The van der Waals surface area contributed by atoms with E-state index in [0.29, 0.717) is 13.2 Å². The number of methoxy groups -OCH3 is 1. The molecule has 0 unspecified atom stereocenters. The molecular formula is C17H22N2OS. The van der Waals surface area contributed by atoms with Gasteiger partial charge in [-0.3, -0.25) is 0 Å². The van der Waals surface area contributed by atoms with Crippen molar-refractivity contribution >= 4 is 11.3 Å². The molecule has 1 aromatic heterocycles. The highest BCUT2D eigenvalue weighted by Crippen LogP contribution is 2.48. The Morgan fingerprint density at radius 3 is 2.57 bits per heavy atom. The smallest absolute Gasteiger partial charge is 0.104 e. The van der Waals surface area contributed by atoms with Crippen molar-refractivity contribution in [1.29, 1.82) is 0 Å². The number of aromatic nitrogens is 1. The van der Waals surface area contributed by atoms with Gasteiger partial charge in [-0.05, 0) is 18.4 Å². The molecule has 2 N–H and O–H groups in total. The average molecular weight is 302 g/mol. The summed E-state index contributed by atoms with van der Waals surface area (Å²) in [6.07, 6.45) is 4.90. The Hall–Kier alpha value is -1.23. The lowest BCUT2D eigenvalue weighted by molar-refractivity contribution is 0.181. The molecule has 0 bridgehead atoms. The molecule has 21 heavy (non-hydrogen) atoms. The van der Waals surface area contributed by atoms with E-state index in [1.54, 1.807) is 18.4 Å². The standard InChI is InChI=1S/C17H22N2OS/c1-20-12-14-15(11-18)21-16(19-14)17(9-5-6-10-17)13-7-3-2-4-8-13/h2-4,7-8H,5-6,9-12,18H2,1H3. The van der Waals surface area contributed by atoms with Crippen LogP contribution in [0, 0.1) is 0 Å². The minimum Gasteiger partial charge on any atom is -0.378 e. The zero-order valence-electron chi connectivity index (χ0n) is 12.5. The monoisotopic (exact) mass is 302 g/mol.